The Bertz CT molecular complexity index is 323. The lowest BCUT2D eigenvalue weighted by Gasteiger charge is -2.24. The van der Waals surface area contributed by atoms with Gasteiger partial charge in [-0.3, -0.25) is 0 Å². The molecule has 0 unspecified atom stereocenters. The Morgan fingerprint density at radius 2 is 1.93 bits per heavy atom. The lowest BCUT2D eigenvalue weighted by molar-refractivity contribution is 0.785. The lowest BCUT2D eigenvalue weighted by atomic mass is 10.0. The Hall–Kier alpha value is 0.440. The molecule has 0 spiro atoms. The van der Waals surface area contributed by atoms with Gasteiger partial charge < -0.3 is 0 Å². The number of benzene rings is 1. The zero-order valence-corrected chi connectivity index (χ0v) is 11.1. The maximum atomic E-state index is 6.13. The molecule has 0 saturated carbocycles. The summed E-state index contributed by atoms with van der Waals surface area (Å²) in [6, 6.07) is 5.67. The second kappa shape index (κ2) is 4.98. The van der Waals surface area contributed by atoms with E-state index in [-0.39, 0.29) is 4.75 Å². The van der Waals surface area contributed by atoms with Gasteiger partial charge in [0.1, 0.15) is 0 Å². The maximum Gasteiger partial charge on any atom is 0.0689 e. The Kier molecular flexibility index (Phi) is 4.45. The van der Waals surface area contributed by atoms with Gasteiger partial charge in [-0.25, -0.2) is 0 Å². The molecule has 4 heteroatoms. The largest absolute Gasteiger partial charge is 0.135 e. The summed E-state index contributed by atoms with van der Waals surface area (Å²) >= 11 is 19.4. The van der Waals surface area contributed by atoms with Crippen molar-refractivity contribution in [3.8, 4) is 0 Å². The lowest BCUT2D eigenvalue weighted by Crippen LogP contribution is -2.12. The van der Waals surface area contributed by atoms with Gasteiger partial charge in [-0.2, -0.15) is 0 Å². The van der Waals surface area contributed by atoms with Crippen LogP contribution < -0.4 is 0 Å². The highest BCUT2D eigenvalue weighted by Crippen LogP contribution is 2.41. The smallest absolute Gasteiger partial charge is 0.0689 e. The molecular formula is C10H11Cl3S. The molecule has 0 heterocycles. The van der Waals surface area contributed by atoms with Crippen LogP contribution in [0.4, 0.5) is 0 Å². The fourth-order valence-electron chi connectivity index (χ4n) is 1.18. The van der Waals surface area contributed by atoms with Crippen LogP contribution in [-0.2, 0) is 4.75 Å². The number of halogens is 3. The standard InChI is InChI=1S/C10H11Cl3S/c1-10(2,14-6-11)7-4-3-5-8(12)9(7)13/h3-5H,6H2,1-2H3. The molecule has 0 amide bonds. The van der Waals surface area contributed by atoms with Crippen LogP contribution in [0.25, 0.3) is 0 Å². The first kappa shape index (κ1) is 12.5. The molecule has 14 heavy (non-hydrogen) atoms. The van der Waals surface area contributed by atoms with Crippen LogP contribution in [0.3, 0.4) is 0 Å². The van der Waals surface area contributed by atoms with E-state index in [9.17, 15) is 0 Å². The van der Waals surface area contributed by atoms with Crippen LogP contribution in [0.5, 0.6) is 0 Å². The van der Waals surface area contributed by atoms with E-state index in [1.54, 1.807) is 17.8 Å². The van der Waals surface area contributed by atoms with Gasteiger partial charge in [0.2, 0.25) is 0 Å². The second-order valence-electron chi connectivity index (χ2n) is 3.37. The molecule has 0 N–H and O–H groups in total. The van der Waals surface area contributed by atoms with Crippen molar-refractivity contribution in [1.29, 1.82) is 0 Å². The molecule has 1 aromatic carbocycles. The quantitative estimate of drug-likeness (QED) is 0.683. The molecule has 0 aliphatic carbocycles. The molecule has 0 aliphatic rings. The van der Waals surface area contributed by atoms with Crippen LogP contribution in [-0.4, -0.2) is 5.21 Å². The monoisotopic (exact) mass is 268 g/mol. The molecule has 1 rings (SSSR count). The molecule has 0 aliphatic heterocycles. The van der Waals surface area contributed by atoms with Gasteiger partial charge in [-0.05, 0) is 25.5 Å². The SMILES string of the molecule is CC(C)(SCCl)c1cccc(Cl)c1Cl. The van der Waals surface area contributed by atoms with Crippen LogP contribution >= 0.6 is 46.6 Å². The molecule has 0 atom stereocenters. The van der Waals surface area contributed by atoms with Crippen molar-refractivity contribution in [2.24, 2.45) is 0 Å². The van der Waals surface area contributed by atoms with E-state index >= 15 is 0 Å². The summed E-state index contributed by atoms with van der Waals surface area (Å²) in [5.41, 5.74) is 1.03. The third kappa shape index (κ3) is 2.73. The third-order valence-electron chi connectivity index (χ3n) is 2.02. The minimum atomic E-state index is -0.107. The summed E-state index contributed by atoms with van der Waals surface area (Å²) in [4.78, 5) is 0. The summed E-state index contributed by atoms with van der Waals surface area (Å²) < 4.78 is -0.107. The van der Waals surface area contributed by atoms with E-state index < -0.39 is 0 Å². The molecule has 0 fully saturated rings. The molecule has 0 radical (unpaired) electrons. The van der Waals surface area contributed by atoms with Gasteiger partial charge in [0, 0.05) is 4.75 Å². The zero-order chi connectivity index (χ0) is 10.8. The van der Waals surface area contributed by atoms with Crippen LogP contribution in [0.1, 0.15) is 19.4 Å². The van der Waals surface area contributed by atoms with Crippen LogP contribution in [0, 0.1) is 0 Å². The minimum absolute atomic E-state index is 0.107. The Labute approximate surface area is 104 Å². The summed E-state index contributed by atoms with van der Waals surface area (Å²) in [5.74, 6) is 0. The summed E-state index contributed by atoms with van der Waals surface area (Å²) in [7, 11) is 0. The van der Waals surface area contributed by atoms with Gasteiger partial charge in [0.15, 0.2) is 0 Å². The Morgan fingerprint density at radius 1 is 1.29 bits per heavy atom. The molecular weight excluding hydrogens is 259 g/mol. The summed E-state index contributed by atoms with van der Waals surface area (Å²) in [5, 5.41) is 1.75. The molecule has 1 aromatic rings. The van der Waals surface area contributed by atoms with Gasteiger partial charge in [0.25, 0.3) is 0 Å². The maximum absolute atomic E-state index is 6.13. The third-order valence-corrected chi connectivity index (χ3v) is 4.21. The highest BCUT2D eigenvalue weighted by atomic mass is 35.5. The van der Waals surface area contributed by atoms with E-state index in [1.807, 2.05) is 12.1 Å². The van der Waals surface area contributed by atoms with E-state index in [0.29, 0.717) is 15.3 Å². The van der Waals surface area contributed by atoms with Crippen molar-refractivity contribution in [1.82, 2.24) is 0 Å². The summed E-state index contributed by atoms with van der Waals surface area (Å²) in [6.07, 6.45) is 0. The fourth-order valence-corrected chi connectivity index (χ4v) is 3.19. The van der Waals surface area contributed by atoms with Crippen molar-refractivity contribution >= 4 is 46.6 Å². The highest BCUT2D eigenvalue weighted by molar-refractivity contribution is 8.01. The molecule has 0 aromatic heterocycles. The van der Waals surface area contributed by atoms with Gasteiger partial charge in [-0.15, -0.1) is 23.4 Å². The van der Waals surface area contributed by atoms with Crippen molar-refractivity contribution < 1.29 is 0 Å². The normalized spacial score (nSPS) is 11.8. The highest BCUT2D eigenvalue weighted by Gasteiger charge is 2.24. The number of rotatable bonds is 3. The average Bonchev–Trinajstić information content (AvgIpc) is 2.09. The Morgan fingerprint density at radius 3 is 2.50 bits per heavy atom. The Balaban J connectivity index is 3.12. The fraction of sp³-hybridized carbons (Fsp3) is 0.400. The number of alkyl halides is 1. The van der Waals surface area contributed by atoms with Gasteiger partial charge >= 0.3 is 0 Å². The van der Waals surface area contributed by atoms with Crippen LogP contribution in [0.2, 0.25) is 10.0 Å². The zero-order valence-electron chi connectivity index (χ0n) is 7.98. The first-order chi connectivity index (χ1) is 6.49. The number of thioether (sulfide) groups is 1. The first-order valence-corrected chi connectivity index (χ1v) is 6.41. The average molecular weight is 270 g/mol. The predicted molar refractivity (Wildman–Crippen MR) is 67.8 cm³/mol. The number of hydrogen-bond acceptors (Lipinski definition) is 1. The summed E-state index contributed by atoms with van der Waals surface area (Å²) in [6.45, 7) is 4.16. The molecule has 0 bridgehead atoms. The van der Waals surface area contributed by atoms with E-state index in [1.165, 1.54) is 0 Å². The van der Waals surface area contributed by atoms with E-state index in [0.717, 1.165) is 5.56 Å². The van der Waals surface area contributed by atoms with Crippen LogP contribution in [0.15, 0.2) is 18.2 Å². The predicted octanol–water partition coefficient (Wildman–Crippen LogP) is 5.16. The molecule has 78 valence electrons. The molecule has 0 nitrogen and oxygen atoms in total. The van der Waals surface area contributed by atoms with Crippen molar-refractivity contribution in [2.45, 2.75) is 18.6 Å². The van der Waals surface area contributed by atoms with Gasteiger partial charge in [-0.1, -0.05) is 35.3 Å². The van der Waals surface area contributed by atoms with Gasteiger partial charge in [0.05, 0.1) is 15.3 Å². The van der Waals surface area contributed by atoms with Crippen molar-refractivity contribution in [3.05, 3.63) is 33.8 Å². The van der Waals surface area contributed by atoms with Crippen molar-refractivity contribution in [3.63, 3.8) is 0 Å². The minimum Gasteiger partial charge on any atom is -0.135 e. The number of hydrogen-bond donors (Lipinski definition) is 0. The first-order valence-electron chi connectivity index (χ1n) is 4.13. The topological polar surface area (TPSA) is 0 Å². The van der Waals surface area contributed by atoms with E-state index in [2.05, 4.69) is 13.8 Å². The second-order valence-corrected chi connectivity index (χ2v) is 6.33. The van der Waals surface area contributed by atoms with E-state index in [4.69, 9.17) is 34.8 Å². The molecule has 0 saturated heterocycles. The van der Waals surface area contributed by atoms with Crippen molar-refractivity contribution in [2.75, 3.05) is 5.21 Å².